The molecular weight excluding hydrogens is 262 g/mol. The number of aromatic nitrogens is 2. The summed E-state index contributed by atoms with van der Waals surface area (Å²) in [4.78, 5) is 14.4. The summed E-state index contributed by atoms with van der Waals surface area (Å²) in [5.74, 6) is 0.406. The molecule has 4 nitrogen and oxygen atoms in total. The van der Waals surface area contributed by atoms with Gasteiger partial charge in [-0.2, -0.15) is 5.10 Å². The fourth-order valence-electron chi connectivity index (χ4n) is 3.54. The summed E-state index contributed by atoms with van der Waals surface area (Å²) >= 11 is 5.94. The number of nitrogens with zero attached hydrogens (tertiary/aromatic N) is 3. The van der Waals surface area contributed by atoms with Crippen LogP contribution in [0, 0.1) is 5.92 Å². The first-order valence-corrected chi connectivity index (χ1v) is 7.46. The van der Waals surface area contributed by atoms with Crippen LogP contribution >= 0.6 is 11.6 Å². The van der Waals surface area contributed by atoms with Gasteiger partial charge in [0, 0.05) is 24.2 Å². The largest absolute Gasteiger partial charge is 0.336 e. The summed E-state index contributed by atoms with van der Waals surface area (Å²) in [6.45, 7) is 3.97. The number of rotatable bonds is 2. The van der Waals surface area contributed by atoms with Gasteiger partial charge < -0.3 is 4.90 Å². The first-order valence-electron chi connectivity index (χ1n) is 7.08. The Morgan fingerprint density at radius 1 is 1.32 bits per heavy atom. The van der Waals surface area contributed by atoms with Gasteiger partial charge in [-0.15, -0.1) is 0 Å². The Kier molecular flexibility index (Phi) is 3.29. The van der Waals surface area contributed by atoms with Crippen molar-refractivity contribution in [2.45, 2.75) is 57.7 Å². The molecule has 2 bridgehead atoms. The molecule has 0 aliphatic carbocycles. The van der Waals surface area contributed by atoms with Crippen LogP contribution in [0.15, 0.2) is 12.4 Å². The molecular formula is C14H20ClN3O. The second-order valence-corrected chi connectivity index (χ2v) is 6.49. The predicted molar refractivity (Wildman–Crippen MR) is 74.0 cm³/mol. The number of carbonyl (C=O) groups is 1. The van der Waals surface area contributed by atoms with Crippen LogP contribution in [0.2, 0.25) is 5.02 Å². The van der Waals surface area contributed by atoms with Gasteiger partial charge >= 0.3 is 0 Å². The SMILES string of the molecule is CC(C)C(=O)N1C2CCC1CC(n1cc(Cl)cn1)C2. The van der Waals surface area contributed by atoms with Gasteiger partial charge in [0.15, 0.2) is 0 Å². The first-order chi connectivity index (χ1) is 9.06. The standard InChI is InChI=1S/C14H20ClN3O/c1-9(2)14(19)18-11-3-4-12(18)6-13(5-11)17-8-10(15)7-16-17/h7-9,11-13H,3-6H2,1-2H3. The number of fused-ring (bicyclic) bond motifs is 2. The quantitative estimate of drug-likeness (QED) is 0.836. The first kappa shape index (κ1) is 13.0. The van der Waals surface area contributed by atoms with Crippen LogP contribution < -0.4 is 0 Å². The van der Waals surface area contributed by atoms with Crippen molar-refractivity contribution >= 4 is 17.5 Å². The maximum atomic E-state index is 12.3. The van der Waals surface area contributed by atoms with E-state index in [4.69, 9.17) is 11.6 Å². The van der Waals surface area contributed by atoms with Gasteiger partial charge in [-0.3, -0.25) is 9.48 Å². The Hall–Kier alpha value is -1.03. The van der Waals surface area contributed by atoms with Gasteiger partial charge in [0.2, 0.25) is 5.91 Å². The van der Waals surface area contributed by atoms with E-state index in [-0.39, 0.29) is 5.92 Å². The maximum Gasteiger partial charge on any atom is 0.225 e. The lowest BCUT2D eigenvalue weighted by molar-refractivity contribution is -0.139. The molecule has 2 aliphatic heterocycles. The number of halogens is 1. The maximum absolute atomic E-state index is 12.3. The zero-order valence-corrected chi connectivity index (χ0v) is 12.2. The molecule has 3 heterocycles. The molecule has 2 atom stereocenters. The molecule has 0 saturated carbocycles. The second-order valence-electron chi connectivity index (χ2n) is 6.05. The van der Waals surface area contributed by atoms with E-state index in [0.717, 1.165) is 25.7 Å². The average molecular weight is 282 g/mol. The van der Waals surface area contributed by atoms with Crippen LogP contribution in [0.25, 0.3) is 0 Å². The normalized spacial score (nSPS) is 30.1. The van der Waals surface area contributed by atoms with Gasteiger partial charge in [0.1, 0.15) is 0 Å². The van der Waals surface area contributed by atoms with Crippen LogP contribution in [0.1, 0.15) is 45.6 Å². The molecule has 2 saturated heterocycles. The van der Waals surface area contributed by atoms with E-state index in [1.165, 1.54) is 0 Å². The summed E-state index contributed by atoms with van der Waals surface area (Å²) in [6, 6.07) is 1.17. The van der Waals surface area contributed by atoms with Gasteiger partial charge in [0.25, 0.3) is 0 Å². The number of amides is 1. The summed E-state index contributed by atoms with van der Waals surface area (Å²) < 4.78 is 1.98. The molecule has 3 rings (SSSR count). The summed E-state index contributed by atoms with van der Waals surface area (Å²) in [5, 5.41) is 5.01. The highest BCUT2D eigenvalue weighted by atomic mass is 35.5. The van der Waals surface area contributed by atoms with Crippen molar-refractivity contribution < 1.29 is 4.79 Å². The van der Waals surface area contributed by atoms with E-state index in [2.05, 4.69) is 10.00 Å². The molecule has 0 radical (unpaired) electrons. The summed E-state index contributed by atoms with van der Waals surface area (Å²) in [5.41, 5.74) is 0. The van der Waals surface area contributed by atoms with E-state index in [0.29, 0.717) is 29.1 Å². The highest BCUT2D eigenvalue weighted by Gasteiger charge is 2.44. The molecule has 0 spiro atoms. The Balaban J connectivity index is 1.77. The molecule has 2 unspecified atom stereocenters. The second kappa shape index (κ2) is 4.82. The molecule has 2 aliphatic rings. The monoisotopic (exact) mass is 281 g/mol. The minimum Gasteiger partial charge on any atom is -0.336 e. The van der Waals surface area contributed by atoms with Crippen molar-refractivity contribution in [1.29, 1.82) is 0 Å². The van der Waals surface area contributed by atoms with Gasteiger partial charge in [-0.25, -0.2) is 0 Å². The molecule has 5 heteroatoms. The molecule has 1 amide bonds. The van der Waals surface area contributed by atoms with Gasteiger partial charge in [0.05, 0.1) is 17.3 Å². The molecule has 1 aromatic heterocycles. The Morgan fingerprint density at radius 3 is 2.42 bits per heavy atom. The van der Waals surface area contributed by atoms with E-state index >= 15 is 0 Å². The average Bonchev–Trinajstić information content (AvgIpc) is 2.90. The lowest BCUT2D eigenvalue weighted by Gasteiger charge is -2.40. The van der Waals surface area contributed by atoms with Crippen molar-refractivity contribution in [1.82, 2.24) is 14.7 Å². The van der Waals surface area contributed by atoms with Crippen molar-refractivity contribution in [3.63, 3.8) is 0 Å². The van der Waals surface area contributed by atoms with Crippen molar-refractivity contribution in [3.8, 4) is 0 Å². The Bertz CT molecular complexity index is 471. The highest BCUT2D eigenvalue weighted by molar-refractivity contribution is 6.30. The Labute approximate surface area is 118 Å². The predicted octanol–water partition coefficient (Wildman–Crippen LogP) is 2.89. The van der Waals surface area contributed by atoms with Crippen LogP contribution in [-0.2, 0) is 4.79 Å². The number of hydrogen-bond acceptors (Lipinski definition) is 2. The minimum atomic E-state index is 0.0961. The van der Waals surface area contributed by atoms with Crippen LogP contribution in [0.5, 0.6) is 0 Å². The number of piperidine rings is 1. The molecule has 0 N–H and O–H groups in total. The topological polar surface area (TPSA) is 38.1 Å². The van der Waals surface area contributed by atoms with Gasteiger partial charge in [-0.05, 0) is 25.7 Å². The third-order valence-corrected chi connectivity index (χ3v) is 4.60. The zero-order valence-electron chi connectivity index (χ0n) is 11.4. The number of hydrogen-bond donors (Lipinski definition) is 0. The van der Waals surface area contributed by atoms with Crippen LogP contribution in [0.4, 0.5) is 0 Å². The molecule has 1 aromatic rings. The summed E-state index contributed by atoms with van der Waals surface area (Å²) in [7, 11) is 0. The third-order valence-electron chi connectivity index (χ3n) is 4.40. The van der Waals surface area contributed by atoms with E-state index < -0.39 is 0 Å². The van der Waals surface area contributed by atoms with Crippen LogP contribution in [0.3, 0.4) is 0 Å². The zero-order chi connectivity index (χ0) is 13.6. The molecule has 0 aromatic carbocycles. The van der Waals surface area contributed by atoms with Crippen molar-refractivity contribution in [3.05, 3.63) is 17.4 Å². The minimum absolute atomic E-state index is 0.0961. The fourth-order valence-corrected chi connectivity index (χ4v) is 3.68. The van der Waals surface area contributed by atoms with Gasteiger partial charge in [-0.1, -0.05) is 25.4 Å². The summed E-state index contributed by atoms with van der Waals surface area (Å²) in [6.07, 6.45) is 7.86. The Morgan fingerprint density at radius 2 is 1.95 bits per heavy atom. The number of carbonyl (C=O) groups excluding carboxylic acids is 1. The lowest BCUT2D eigenvalue weighted by Crippen LogP contribution is -2.48. The molecule has 2 fully saturated rings. The molecule has 104 valence electrons. The van der Waals surface area contributed by atoms with Crippen LogP contribution in [-0.4, -0.2) is 32.7 Å². The fraction of sp³-hybridized carbons (Fsp3) is 0.714. The molecule has 19 heavy (non-hydrogen) atoms. The lowest BCUT2D eigenvalue weighted by atomic mass is 9.96. The van der Waals surface area contributed by atoms with E-state index in [9.17, 15) is 4.79 Å². The van der Waals surface area contributed by atoms with Crippen molar-refractivity contribution in [2.24, 2.45) is 5.92 Å². The highest BCUT2D eigenvalue weighted by Crippen LogP contribution is 2.41. The smallest absolute Gasteiger partial charge is 0.225 e. The van der Waals surface area contributed by atoms with E-state index in [1.54, 1.807) is 6.20 Å². The van der Waals surface area contributed by atoms with E-state index in [1.807, 2.05) is 24.7 Å². The third kappa shape index (κ3) is 2.27. The van der Waals surface area contributed by atoms with Crippen molar-refractivity contribution in [2.75, 3.05) is 0 Å².